The zero-order valence-corrected chi connectivity index (χ0v) is 18.6. The van der Waals surface area contributed by atoms with Gasteiger partial charge in [-0.05, 0) is 55.7 Å². The van der Waals surface area contributed by atoms with Gasteiger partial charge in [-0.3, -0.25) is 9.10 Å². The zero-order chi connectivity index (χ0) is 22.3. The lowest BCUT2D eigenvalue weighted by Crippen LogP contribution is -2.52. The Balaban J connectivity index is 1.52. The van der Waals surface area contributed by atoms with Crippen LogP contribution >= 0.6 is 0 Å². The molecule has 0 saturated heterocycles. The molecule has 2 aliphatic rings. The summed E-state index contributed by atoms with van der Waals surface area (Å²) in [7, 11) is -3.87. The van der Waals surface area contributed by atoms with Gasteiger partial charge in [-0.15, -0.1) is 0 Å². The maximum absolute atomic E-state index is 13.6. The van der Waals surface area contributed by atoms with E-state index in [9.17, 15) is 13.2 Å². The molecule has 0 aliphatic carbocycles. The molecule has 2 aliphatic heterocycles. The molecule has 0 radical (unpaired) electrons. The highest BCUT2D eigenvalue weighted by Crippen LogP contribution is 2.38. The number of rotatable bonds is 3. The average Bonchev–Trinajstić information content (AvgIpc) is 2.82. The van der Waals surface area contributed by atoms with E-state index in [0.717, 1.165) is 29.7 Å². The molecule has 1 atom stereocenters. The van der Waals surface area contributed by atoms with Crippen molar-refractivity contribution in [3.8, 4) is 5.75 Å². The maximum Gasteiger partial charge on any atom is 0.269 e. The van der Waals surface area contributed by atoms with E-state index in [1.807, 2.05) is 31.2 Å². The number of sulfonamides is 1. The molecule has 164 valence electrons. The van der Waals surface area contributed by atoms with Crippen LogP contribution in [0.1, 0.15) is 17.5 Å². The second-order valence-electron chi connectivity index (χ2n) is 8.15. The third-order valence-electron chi connectivity index (χ3n) is 6.00. The van der Waals surface area contributed by atoms with Crippen LogP contribution < -0.4 is 13.9 Å². The molecule has 3 aromatic carbocycles. The van der Waals surface area contributed by atoms with Crippen molar-refractivity contribution in [3.05, 3.63) is 83.9 Å². The summed E-state index contributed by atoms with van der Waals surface area (Å²) >= 11 is 0. The predicted molar refractivity (Wildman–Crippen MR) is 124 cm³/mol. The first-order valence-corrected chi connectivity index (χ1v) is 12.1. The highest BCUT2D eigenvalue weighted by Gasteiger charge is 2.40. The monoisotopic (exact) mass is 448 g/mol. The Morgan fingerprint density at radius 1 is 0.938 bits per heavy atom. The molecule has 0 N–H and O–H groups in total. The van der Waals surface area contributed by atoms with Crippen molar-refractivity contribution in [2.75, 3.05) is 22.3 Å². The third-order valence-corrected chi connectivity index (χ3v) is 7.79. The van der Waals surface area contributed by atoms with Gasteiger partial charge < -0.3 is 9.64 Å². The number of hydrogen-bond acceptors (Lipinski definition) is 4. The normalized spacial score (nSPS) is 17.8. The SMILES string of the molecule is Cc1ccc(S(=O)(=O)N2C[C@@H](C(=O)N3CCCc4ccccc43)Oc3ccccc32)cc1. The standard InChI is InChI=1S/C25H24N2O4S/c1-18-12-14-20(15-13-18)32(29,30)27-17-24(31-23-11-5-4-10-22(23)27)25(28)26-16-6-8-19-7-2-3-9-21(19)26/h2-5,7,9-15,24H,6,8,16-17H2,1H3/t24-/m0/s1. The van der Waals surface area contributed by atoms with Crippen LogP contribution in [0.15, 0.2) is 77.7 Å². The van der Waals surface area contributed by atoms with Gasteiger partial charge in [-0.25, -0.2) is 8.42 Å². The van der Waals surface area contributed by atoms with Crippen molar-refractivity contribution in [1.29, 1.82) is 0 Å². The minimum absolute atomic E-state index is 0.0786. The number of ether oxygens (including phenoxy) is 1. The van der Waals surface area contributed by atoms with E-state index in [0.29, 0.717) is 18.0 Å². The van der Waals surface area contributed by atoms with Gasteiger partial charge in [0.15, 0.2) is 6.10 Å². The highest BCUT2D eigenvalue weighted by molar-refractivity contribution is 7.92. The summed E-state index contributed by atoms with van der Waals surface area (Å²) in [6.07, 6.45) is 0.843. The van der Waals surface area contributed by atoms with Crippen molar-refractivity contribution in [2.45, 2.75) is 30.8 Å². The van der Waals surface area contributed by atoms with Gasteiger partial charge in [-0.2, -0.15) is 0 Å². The van der Waals surface area contributed by atoms with Crippen molar-refractivity contribution in [2.24, 2.45) is 0 Å². The predicted octanol–water partition coefficient (Wildman–Crippen LogP) is 3.93. The Morgan fingerprint density at radius 2 is 1.62 bits per heavy atom. The first kappa shape index (κ1) is 20.6. The van der Waals surface area contributed by atoms with E-state index >= 15 is 0 Å². The molecule has 6 nitrogen and oxygen atoms in total. The molecule has 0 unspecified atom stereocenters. The molecular weight excluding hydrogens is 424 g/mol. The first-order valence-electron chi connectivity index (χ1n) is 10.7. The molecule has 0 aromatic heterocycles. The van der Waals surface area contributed by atoms with E-state index in [1.165, 1.54) is 4.31 Å². The highest BCUT2D eigenvalue weighted by atomic mass is 32.2. The molecule has 0 spiro atoms. The van der Waals surface area contributed by atoms with Gasteiger partial charge in [0.2, 0.25) is 0 Å². The number of carbonyl (C=O) groups is 1. The van der Waals surface area contributed by atoms with E-state index in [-0.39, 0.29) is 17.3 Å². The Labute approximate surface area is 188 Å². The molecular formula is C25H24N2O4S. The number of benzene rings is 3. The van der Waals surface area contributed by atoms with Crippen LogP contribution in [0.4, 0.5) is 11.4 Å². The Hall–Kier alpha value is -3.32. The minimum Gasteiger partial charge on any atom is -0.476 e. The van der Waals surface area contributed by atoms with Crippen molar-refractivity contribution in [1.82, 2.24) is 0 Å². The van der Waals surface area contributed by atoms with Crippen LogP contribution in [0.2, 0.25) is 0 Å². The van der Waals surface area contributed by atoms with Gasteiger partial charge in [0.05, 0.1) is 17.1 Å². The van der Waals surface area contributed by atoms with Crippen molar-refractivity contribution >= 4 is 27.3 Å². The van der Waals surface area contributed by atoms with Gasteiger partial charge >= 0.3 is 0 Å². The Kier molecular flexibility index (Phi) is 5.13. The fourth-order valence-corrected chi connectivity index (χ4v) is 5.81. The molecule has 2 heterocycles. The van der Waals surface area contributed by atoms with Crippen molar-refractivity contribution in [3.63, 3.8) is 0 Å². The molecule has 0 saturated carbocycles. The number of hydrogen-bond donors (Lipinski definition) is 0. The summed E-state index contributed by atoms with van der Waals surface area (Å²) in [4.78, 5) is 15.5. The lowest BCUT2D eigenvalue weighted by Gasteiger charge is -2.38. The second kappa shape index (κ2) is 7.98. The lowest BCUT2D eigenvalue weighted by molar-refractivity contribution is -0.125. The topological polar surface area (TPSA) is 66.9 Å². The molecule has 1 amide bonds. The number of aryl methyl sites for hydroxylation is 2. The fourth-order valence-electron chi connectivity index (χ4n) is 4.33. The van der Waals surface area contributed by atoms with Crippen LogP contribution in [0.3, 0.4) is 0 Å². The Bertz CT molecular complexity index is 1270. The van der Waals surface area contributed by atoms with Crippen LogP contribution in [0.25, 0.3) is 0 Å². The summed E-state index contributed by atoms with van der Waals surface area (Å²) in [5.74, 6) is 0.161. The van der Waals surface area contributed by atoms with Crippen molar-refractivity contribution < 1.29 is 17.9 Å². The van der Waals surface area contributed by atoms with Crippen LogP contribution in [-0.2, 0) is 21.2 Å². The molecule has 3 aromatic rings. The number of amides is 1. The molecule has 0 bridgehead atoms. The zero-order valence-electron chi connectivity index (χ0n) is 17.8. The van der Waals surface area contributed by atoms with E-state index in [1.54, 1.807) is 53.4 Å². The minimum atomic E-state index is -3.87. The van der Waals surface area contributed by atoms with Gasteiger partial charge in [0, 0.05) is 12.2 Å². The van der Waals surface area contributed by atoms with Crippen LogP contribution in [0, 0.1) is 6.92 Å². The summed E-state index contributed by atoms with van der Waals surface area (Å²) in [5, 5.41) is 0. The molecule has 32 heavy (non-hydrogen) atoms. The summed E-state index contributed by atoms with van der Waals surface area (Å²) in [5.41, 5.74) is 3.41. The molecule has 5 rings (SSSR count). The summed E-state index contributed by atoms with van der Waals surface area (Å²) < 4.78 is 34.4. The molecule has 0 fully saturated rings. The smallest absolute Gasteiger partial charge is 0.269 e. The van der Waals surface area contributed by atoms with E-state index < -0.39 is 16.1 Å². The quantitative estimate of drug-likeness (QED) is 0.609. The number of nitrogens with zero attached hydrogens (tertiary/aromatic N) is 2. The lowest BCUT2D eigenvalue weighted by atomic mass is 10.0. The number of carbonyl (C=O) groups excluding carboxylic acids is 1. The van der Waals surface area contributed by atoms with Gasteiger partial charge in [0.1, 0.15) is 5.75 Å². The summed E-state index contributed by atoms with van der Waals surface area (Å²) in [6.45, 7) is 2.42. The number of anilines is 2. The second-order valence-corrected chi connectivity index (χ2v) is 10.0. The molecule has 7 heteroatoms. The summed E-state index contributed by atoms with van der Waals surface area (Å²) in [6, 6.07) is 21.5. The first-order chi connectivity index (χ1) is 15.4. The number of fused-ring (bicyclic) bond motifs is 2. The fraction of sp³-hybridized carbons (Fsp3) is 0.240. The Morgan fingerprint density at radius 3 is 2.41 bits per heavy atom. The van der Waals surface area contributed by atoms with Gasteiger partial charge in [-0.1, -0.05) is 48.0 Å². The largest absolute Gasteiger partial charge is 0.476 e. The van der Waals surface area contributed by atoms with E-state index in [4.69, 9.17) is 4.74 Å². The van der Waals surface area contributed by atoms with Crippen LogP contribution in [-0.4, -0.2) is 33.5 Å². The van der Waals surface area contributed by atoms with Gasteiger partial charge in [0.25, 0.3) is 15.9 Å². The van der Waals surface area contributed by atoms with Crippen LogP contribution in [0.5, 0.6) is 5.75 Å². The average molecular weight is 449 g/mol. The third kappa shape index (κ3) is 3.52. The number of para-hydroxylation sites is 3. The van der Waals surface area contributed by atoms with E-state index in [2.05, 4.69) is 0 Å². The maximum atomic E-state index is 13.6.